The standard InChI is InChI=1S/C31H44ClN7O4S.C31H43N7O4S.ClH/c1-20(2)24(21(3)4)19-43-27-14-16-39(37-27)26-13-12-23(29(32)36-26)30(40)38-44(41,42)28-11-7-10-25(35-28)33-15-8-9-22-17-31(5,6)34-18-22;1-20(2)24(21(3)4)19-42-27-14-16-38(35-27)26-13-12-23-29(34-26)37-18-22(17-31(37,5)6)9-8-15-32-25-10-7-11-28(33-25)43(40,41)36-30(23)39;/h7,10-14,16,20-22,24,34H,8-9,15,17-19H2,1-6H3,(H,33,35)(H,38,40);7,10-14,16,20-22,24H,8-9,15,17-19H2,1-6H3,(H,32,33)(H,36,39);1H/t2*22-;/m00./s1. The smallest absolute Gasteiger partial charge is 0.281 e. The van der Waals surface area contributed by atoms with E-state index in [4.69, 9.17) is 26.1 Å². The fourth-order valence-corrected chi connectivity index (χ4v) is 13.9. The van der Waals surface area contributed by atoms with Crippen LogP contribution < -0.4 is 39.8 Å². The Balaban J connectivity index is 0.000000248. The number of ether oxygens (including phenoxy) is 2. The lowest BCUT2D eigenvalue weighted by molar-refractivity contribution is 0.0972. The summed E-state index contributed by atoms with van der Waals surface area (Å²) >= 11 is 6.32. The Bertz CT molecular complexity index is 3560. The van der Waals surface area contributed by atoms with Crippen LogP contribution in [0.15, 0.2) is 95.2 Å². The summed E-state index contributed by atoms with van der Waals surface area (Å²) in [6.45, 7) is 30.3. The van der Waals surface area contributed by atoms with Crippen molar-refractivity contribution in [3.63, 3.8) is 0 Å². The molecule has 6 aromatic heterocycles. The van der Waals surface area contributed by atoms with Crippen LogP contribution in [0.3, 0.4) is 0 Å². The fourth-order valence-electron chi connectivity index (χ4n) is 11.8. The molecule has 3 aliphatic heterocycles. The third kappa shape index (κ3) is 17.8. The van der Waals surface area contributed by atoms with Crippen molar-refractivity contribution < 1.29 is 35.9 Å². The Morgan fingerprint density at radius 1 is 0.784 bits per heavy atom. The molecule has 0 aromatic carbocycles. The van der Waals surface area contributed by atoms with Crippen LogP contribution in [0.2, 0.25) is 5.15 Å². The molecular formula is C62H88Cl2N14O8S2. The summed E-state index contributed by atoms with van der Waals surface area (Å²) in [5, 5.41) is 18.3. The van der Waals surface area contributed by atoms with E-state index in [2.05, 4.69) is 134 Å². The lowest BCUT2D eigenvalue weighted by Gasteiger charge is -2.34. The predicted molar refractivity (Wildman–Crippen MR) is 345 cm³/mol. The molecule has 5 N–H and O–H groups in total. The van der Waals surface area contributed by atoms with E-state index in [0.29, 0.717) is 121 Å². The number of rotatable bonds is 20. The SMILES string of the molecule is CC(C)C(COc1ccn(-c2ccc(C(=O)NS(=O)(=O)c3cccc(NCCC[C@@H]4CNC(C)(C)C4)n3)c(Cl)n2)n1)C(C)C.CC(C)C(COc1ccn(-c2ccc3c(n2)N2C[C@@H](CCCNc4cccc(n4)S(=O)(=O)NC3=O)CC2(C)C)n1)C(C)C.Cl. The molecule has 22 nitrogen and oxygen atoms in total. The molecule has 6 aromatic rings. The van der Waals surface area contributed by atoms with E-state index in [0.717, 1.165) is 45.1 Å². The van der Waals surface area contributed by atoms with E-state index >= 15 is 0 Å². The van der Waals surface area contributed by atoms with Crippen molar-refractivity contribution in [3.05, 3.63) is 101 Å². The first kappa shape index (κ1) is 68.9. The molecule has 2 atom stereocenters. The number of carbonyl (C=O) groups excluding carboxylic acids is 2. The first-order chi connectivity index (χ1) is 41.1. The van der Waals surface area contributed by atoms with Crippen molar-refractivity contribution in [2.24, 2.45) is 47.3 Å². The Morgan fingerprint density at radius 3 is 2.00 bits per heavy atom. The summed E-state index contributed by atoms with van der Waals surface area (Å²) in [6.07, 6.45) is 9.38. The summed E-state index contributed by atoms with van der Waals surface area (Å²) in [6, 6.07) is 19.1. The monoisotopic (exact) mass is 1290 g/mol. The Kier molecular flexibility index (Phi) is 23.0. The van der Waals surface area contributed by atoms with Gasteiger partial charge in [0.2, 0.25) is 11.8 Å². The van der Waals surface area contributed by atoms with Crippen molar-refractivity contribution in [2.45, 2.75) is 143 Å². The molecule has 4 bridgehead atoms. The molecule has 2 fully saturated rings. The number of hydrogen-bond acceptors (Lipinski definition) is 18. The fraction of sp³-hybridized carbons (Fsp3) is 0.548. The number of nitrogens with one attached hydrogen (secondary N) is 5. The molecule has 3 aliphatic rings. The maximum Gasteiger partial charge on any atom is 0.281 e. The number of nitrogens with zero attached hydrogens (tertiary/aromatic N) is 9. The van der Waals surface area contributed by atoms with Crippen LogP contribution >= 0.6 is 24.0 Å². The second-order valence-electron chi connectivity index (χ2n) is 25.7. The average molecular weight is 1290 g/mol. The van der Waals surface area contributed by atoms with Gasteiger partial charge in [0.25, 0.3) is 31.9 Å². The zero-order chi connectivity index (χ0) is 63.0. The number of amides is 2. The van der Waals surface area contributed by atoms with Gasteiger partial charge in [-0.2, -0.15) is 16.8 Å². The van der Waals surface area contributed by atoms with E-state index in [-0.39, 0.29) is 49.8 Å². The van der Waals surface area contributed by atoms with Crippen LogP contribution in [0.5, 0.6) is 11.8 Å². The molecule has 9 rings (SSSR count). The summed E-state index contributed by atoms with van der Waals surface area (Å²) in [5.41, 5.74) is -0.0517. The van der Waals surface area contributed by atoms with E-state index in [9.17, 15) is 26.4 Å². The minimum atomic E-state index is -4.27. The van der Waals surface area contributed by atoms with Gasteiger partial charge in [0.15, 0.2) is 21.7 Å². The van der Waals surface area contributed by atoms with Gasteiger partial charge in [-0.15, -0.1) is 22.6 Å². The Labute approximate surface area is 530 Å². The summed E-state index contributed by atoms with van der Waals surface area (Å²) in [5.74, 6) is 5.10. The molecule has 0 saturated carbocycles. The lowest BCUT2D eigenvalue weighted by atomic mass is 9.86. The molecule has 0 spiro atoms. The molecule has 9 heterocycles. The zero-order valence-corrected chi connectivity index (χ0v) is 55.8. The summed E-state index contributed by atoms with van der Waals surface area (Å²) in [4.78, 5) is 46.3. The molecule has 0 unspecified atom stereocenters. The minimum Gasteiger partial charge on any atom is -0.476 e. The predicted octanol–water partition coefficient (Wildman–Crippen LogP) is 10.6. The number of halogens is 2. The number of hydrogen-bond donors (Lipinski definition) is 5. The van der Waals surface area contributed by atoms with Gasteiger partial charge in [-0.1, -0.05) is 79.1 Å². The van der Waals surface area contributed by atoms with Crippen molar-refractivity contribution >= 4 is 73.3 Å². The number of sulfonamides is 2. The normalized spacial score (nSPS) is 18.0. The maximum absolute atomic E-state index is 13.6. The topological polar surface area (TPSA) is 271 Å². The van der Waals surface area contributed by atoms with Gasteiger partial charge in [0.1, 0.15) is 22.6 Å². The number of carbonyl (C=O) groups is 2. The number of anilines is 3. The van der Waals surface area contributed by atoms with Gasteiger partial charge in [0.05, 0.1) is 24.3 Å². The largest absolute Gasteiger partial charge is 0.476 e. The van der Waals surface area contributed by atoms with Crippen molar-refractivity contribution in [1.29, 1.82) is 0 Å². The number of pyridine rings is 4. The highest BCUT2D eigenvalue weighted by molar-refractivity contribution is 7.90. The van der Waals surface area contributed by atoms with E-state index in [1.165, 1.54) is 28.9 Å². The van der Waals surface area contributed by atoms with Crippen LogP contribution in [-0.2, 0) is 20.0 Å². The Morgan fingerprint density at radius 2 is 1.40 bits per heavy atom. The first-order valence-corrected chi connectivity index (χ1v) is 33.6. The number of fused-ring (bicyclic) bond motifs is 6. The quantitative estimate of drug-likeness (QED) is 0.0351. The van der Waals surface area contributed by atoms with Gasteiger partial charge in [0, 0.05) is 55.2 Å². The van der Waals surface area contributed by atoms with Gasteiger partial charge in [-0.25, -0.2) is 38.7 Å². The maximum atomic E-state index is 13.6. The van der Waals surface area contributed by atoms with Crippen LogP contribution in [0.25, 0.3) is 11.6 Å². The van der Waals surface area contributed by atoms with Gasteiger partial charge in [-0.3, -0.25) is 9.59 Å². The lowest BCUT2D eigenvalue weighted by Crippen LogP contribution is -2.41. The van der Waals surface area contributed by atoms with Gasteiger partial charge < -0.3 is 30.3 Å². The highest BCUT2D eigenvalue weighted by Gasteiger charge is 2.41. The summed E-state index contributed by atoms with van der Waals surface area (Å²) < 4.78 is 71.8. The zero-order valence-electron chi connectivity index (χ0n) is 52.6. The van der Waals surface area contributed by atoms with Crippen LogP contribution in [-0.4, -0.2) is 119 Å². The average Bonchev–Trinajstić information content (AvgIpc) is 2.29. The van der Waals surface area contributed by atoms with Crippen LogP contribution in [0, 0.1) is 47.3 Å². The number of aromatic nitrogens is 8. The molecule has 2 saturated heterocycles. The molecule has 0 aliphatic carbocycles. The van der Waals surface area contributed by atoms with Crippen LogP contribution in [0.4, 0.5) is 17.5 Å². The first-order valence-electron chi connectivity index (χ1n) is 30.2. The van der Waals surface area contributed by atoms with Crippen molar-refractivity contribution in [1.82, 2.24) is 54.3 Å². The molecule has 0 radical (unpaired) electrons. The van der Waals surface area contributed by atoms with Gasteiger partial charge in [-0.05, 0) is 169 Å². The summed E-state index contributed by atoms with van der Waals surface area (Å²) in [7, 11) is -8.50. The Hall–Kier alpha value is -6.60. The van der Waals surface area contributed by atoms with E-state index in [1.54, 1.807) is 65.6 Å². The molecular weight excluding hydrogens is 1200 g/mol. The van der Waals surface area contributed by atoms with Gasteiger partial charge >= 0.3 is 0 Å². The van der Waals surface area contributed by atoms with Crippen molar-refractivity contribution in [2.75, 3.05) is 54.9 Å². The van der Waals surface area contributed by atoms with E-state index in [1.807, 2.05) is 4.72 Å². The minimum absolute atomic E-state index is 0. The highest BCUT2D eigenvalue weighted by Crippen LogP contribution is 2.40. The van der Waals surface area contributed by atoms with E-state index < -0.39 is 31.9 Å². The third-order valence-corrected chi connectivity index (χ3v) is 19.3. The molecule has 2 amide bonds. The highest BCUT2D eigenvalue weighted by atomic mass is 35.5. The van der Waals surface area contributed by atoms with Crippen LogP contribution in [0.1, 0.15) is 142 Å². The molecule has 88 heavy (non-hydrogen) atoms. The van der Waals surface area contributed by atoms with Crippen molar-refractivity contribution in [3.8, 4) is 23.4 Å². The second-order valence-corrected chi connectivity index (χ2v) is 29.3. The third-order valence-electron chi connectivity index (χ3n) is 16.6. The molecule has 26 heteroatoms. The molecule has 480 valence electrons. The second kappa shape index (κ2) is 29.4.